The fraction of sp³-hybridized carbons (Fsp3) is 0.455. The molecular weight excluding hydrogens is 257 g/mol. The third-order valence-electron chi connectivity index (χ3n) is 2.23. The average Bonchev–Trinajstić information content (AvgIpc) is 2.27. The van der Waals surface area contributed by atoms with Gasteiger partial charge in [0.25, 0.3) is 0 Å². The highest BCUT2D eigenvalue weighted by molar-refractivity contribution is 7.54. The van der Waals surface area contributed by atoms with Crippen molar-refractivity contribution in [3.8, 4) is 11.5 Å². The molecule has 18 heavy (non-hydrogen) atoms. The lowest BCUT2D eigenvalue weighted by Gasteiger charge is -2.23. The zero-order chi connectivity index (χ0) is 13.8. The fourth-order valence-electron chi connectivity index (χ4n) is 1.53. The highest BCUT2D eigenvalue weighted by Crippen LogP contribution is 2.58. The first-order chi connectivity index (χ1) is 8.42. The van der Waals surface area contributed by atoms with Crippen molar-refractivity contribution in [1.29, 1.82) is 0 Å². The normalized spacial score (nSPS) is 13.5. The number of hydrogen-bond donors (Lipinski definition) is 3. The van der Waals surface area contributed by atoms with Crippen molar-refractivity contribution in [2.75, 3.05) is 13.2 Å². The Morgan fingerprint density at radius 2 is 1.61 bits per heavy atom. The van der Waals surface area contributed by atoms with Gasteiger partial charge in [-0.1, -0.05) is 0 Å². The molecule has 102 valence electrons. The largest absolute Gasteiger partial charge is 0.508 e. The molecule has 0 saturated heterocycles. The van der Waals surface area contributed by atoms with Crippen LogP contribution in [0.1, 0.15) is 25.2 Å². The van der Waals surface area contributed by atoms with Crippen LogP contribution in [0, 0.1) is 0 Å². The first kappa shape index (κ1) is 15.0. The predicted octanol–water partition coefficient (Wildman–Crippen LogP) is 2.32. The molecule has 0 aliphatic rings. The summed E-state index contributed by atoms with van der Waals surface area (Å²) in [4.78, 5) is 0. The van der Waals surface area contributed by atoms with Gasteiger partial charge in [-0.15, -0.1) is 0 Å². The Kier molecular flexibility index (Phi) is 5.16. The average molecular weight is 275 g/mol. The molecule has 0 fully saturated rings. The second-order valence-electron chi connectivity index (χ2n) is 3.60. The molecule has 7 heteroatoms. The van der Waals surface area contributed by atoms with Crippen molar-refractivity contribution in [3.63, 3.8) is 0 Å². The molecule has 0 aliphatic carbocycles. The van der Waals surface area contributed by atoms with Crippen LogP contribution >= 0.6 is 7.60 Å². The first-order valence-electron chi connectivity index (χ1n) is 5.60. The zero-order valence-electron chi connectivity index (χ0n) is 10.4. The van der Waals surface area contributed by atoms with Gasteiger partial charge >= 0.3 is 7.60 Å². The molecule has 0 radical (unpaired) electrons. The molecule has 0 amide bonds. The van der Waals surface area contributed by atoms with E-state index in [1.54, 1.807) is 13.8 Å². The van der Waals surface area contributed by atoms with Gasteiger partial charge in [-0.3, -0.25) is 4.57 Å². The Bertz CT molecular complexity index is 421. The van der Waals surface area contributed by atoms with E-state index in [0.717, 1.165) is 6.07 Å². The number of hydrogen-bond acceptors (Lipinski definition) is 6. The molecule has 0 saturated carbocycles. The van der Waals surface area contributed by atoms with Crippen LogP contribution in [0.25, 0.3) is 0 Å². The molecule has 0 bridgehead atoms. The van der Waals surface area contributed by atoms with Crippen LogP contribution in [0.15, 0.2) is 18.2 Å². The topological polar surface area (TPSA) is 102 Å². The molecule has 1 rings (SSSR count). The van der Waals surface area contributed by atoms with E-state index in [4.69, 9.17) is 14.8 Å². The maximum Gasteiger partial charge on any atom is 0.351 e. The summed E-state index contributed by atoms with van der Waals surface area (Å²) in [6.07, 6.45) is 0. The van der Waals surface area contributed by atoms with E-state index < -0.39 is 13.4 Å². The van der Waals surface area contributed by atoms with E-state index in [9.17, 15) is 14.8 Å². The van der Waals surface area contributed by atoms with Crippen molar-refractivity contribution in [1.82, 2.24) is 0 Å². The molecule has 0 aliphatic heterocycles. The first-order valence-corrected chi connectivity index (χ1v) is 7.21. The smallest absolute Gasteiger partial charge is 0.351 e. The molecule has 0 unspecified atom stereocenters. The summed E-state index contributed by atoms with van der Waals surface area (Å²) in [5, 5.41) is 18.8. The van der Waals surface area contributed by atoms with Gasteiger partial charge in [0.2, 0.25) is 0 Å². The summed E-state index contributed by atoms with van der Waals surface area (Å²) in [5.74, 6) is -1.39. The monoisotopic (exact) mass is 275 g/mol. The Labute approximate surface area is 106 Å². The minimum atomic E-state index is -3.52. The van der Waals surface area contributed by atoms with E-state index in [2.05, 4.69) is 0 Å². The molecule has 4 N–H and O–H groups in total. The zero-order valence-corrected chi connectivity index (χ0v) is 11.3. The third kappa shape index (κ3) is 3.46. The predicted molar refractivity (Wildman–Crippen MR) is 67.6 cm³/mol. The van der Waals surface area contributed by atoms with Gasteiger partial charge in [-0.25, -0.2) is 0 Å². The van der Waals surface area contributed by atoms with Crippen molar-refractivity contribution in [2.45, 2.75) is 19.6 Å². The molecule has 1 aromatic carbocycles. The second kappa shape index (κ2) is 6.20. The standard InChI is InChI=1S/C11H18NO5P/c1-3-16-18(15,17-4-2)11(12)8-5-9(13)7-10(14)6-8/h5-7,11,13-14H,3-4,12H2,1-2H3/t11-/m0/s1. The van der Waals surface area contributed by atoms with Crippen LogP contribution in [0.2, 0.25) is 0 Å². The van der Waals surface area contributed by atoms with Gasteiger partial charge in [0.05, 0.1) is 13.2 Å². The van der Waals surface area contributed by atoms with Crippen LogP contribution in [0.4, 0.5) is 0 Å². The summed E-state index contributed by atoms with van der Waals surface area (Å²) in [6.45, 7) is 3.74. The molecule has 0 aromatic heterocycles. The molecule has 1 atom stereocenters. The van der Waals surface area contributed by atoms with Gasteiger partial charge in [-0.05, 0) is 31.5 Å². The van der Waals surface area contributed by atoms with Gasteiger partial charge < -0.3 is 25.0 Å². The minimum absolute atomic E-state index is 0.167. The van der Waals surface area contributed by atoms with Gasteiger partial charge in [0.15, 0.2) is 0 Å². The Balaban J connectivity index is 3.09. The lowest BCUT2D eigenvalue weighted by atomic mass is 10.2. The fourth-order valence-corrected chi connectivity index (χ4v) is 3.16. The quantitative estimate of drug-likeness (QED) is 0.688. The summed E-state index contributed by atoms with van der Waals surface area (Å²) < 4.78 is 22.6. The van der Waals surface area contributed by atoms with Gasteiger partial charge in [0, 0.05) is 6.07 Å². The number of phenolic OH excluding ortho intramolecular Hbond substituents is 2. The van der Waals surface area contributed by atoms with Gasteiger partial charge in [0.1, 0.15) is 17.3 Å². The Morgan fingerprint density at radius 3 is 2.00 bits per heavy atom. The van der Waals surface area contributed by atoms with Crippen molar-refractivity contribution >= 4 is 7.60 Å². The van der Waals surface area contributed by atoms with Crippen LogP contribution < -0.4 is 5.73 Å². The maximum atomic E-state index is 12.4. The Morgan fingerprint density at radius 1 is 1.17 bits per heavy atom. The van der Waals surface area contributed by atoms with Crippen molar-refractivity contribution in [3.05, 3.63) is 23.8 Å². The number of benzene rings is 1. The lowest BCUT2D eigenvalue weighted by Crippen LogP contribution is -2.15. The number of nitrogens with two attached hydrogens (primary N) is 1. The van der Waals surface area contributed by atoms with Gasteiger partial charge in [-0.2, -0.15) is 0 Å². The van der Waals surface area contributed by atoms with Crippen molar-refractivity contribution < 1.29 is 23.8 Å². The van der Waals surface area contributed by atoms with Crippen LogP contribution in [-0.4, -0.2) is 23.4 Å². The summed E-state index contributed by atoms with van der Waals surface area (Å²) in [5.41, 5.74) is 6.14. The van der Waals surface area contributed by atoms with Crippen LogP contribution in [0.5, 0.6) is 11.5 Å². The number of aromatic hydroxyl groups is 2. The van der Waals surface area contributed by atoms with E-state index in [-0.39, 0.29) is 30.3 Å². The summed E-state index contributed by atoms with van der Waals surface area (Å²) >= 11 is 0. The number of phenols is 2. The van der Waals surface area contributed by atoms with Crippen LogP contribution in [-0.2, 0) is 13.6 Å². The third-order valence-corrected chi connectivity index (χ3v) is 4.44. The summed E-state index contributed by atoms with van der Waals surface area (Å²) in [7, 11) is -3.52. The van der Waals surface area contributed by atoms with E-state index in [0.29, 0.717) is 0 Å². The lowest BCUT2D eigenvalue weighted by molar-refractivity contribution is 0.212. The maximum absolute atomic E-state index is 12.4. The minimum Gasteiger partial charge on any atom is -0.508 e. The van der Waals surface area contributed by atoms with E-state index in [1.807, 2.05) is 0 Å². The van der Waals surface area contributed by atoms with E-state index >= 15 is 0 Å². The van der Waals surface area contributed by atoms with Crippen molar-refractivity contribution in [2.24, 2.45) is 5.73 Å². The van der Waals surface area contributed by atoms with E-state index in [1.165, 1.54) is 12.1 Å². The molecular formula is C11H18NO5P. The molecule has 0 heterocycles. The Hall–Kier alpha value is -1.07. The highest BCUT2D eigenvalue weighted by atomic mass is 31.2. The summed E-state index contributed by atoms with van der Waals surface area (Å²) in [6, 6.07) is 3.78. The molecule has 0 spiro atoms. The SMILES string of the molecule is CCOP(=O)(OCC)[C@H](N)c1cc(O)cc(O)c1. The second-order valence-corrected chi connectivity index (χ2v) is 5.76. The van der Waals surface area contributed by atoms with Crippen LogP contribution in [0.3, 0.4) is 0 Å². The molecule has 6 nitrogen and oxygen atoms in total. The highest BCUT2D eigenvalue weighted by Gasteiger charge is 2.34. The molecule has 1 aromatic rings. The number of rotatable bonds is 6.